The van der Waals surface area contributed by atoms with Crippen molar-refractivity contribution < 1.29 is 9.84 Å². The van der Waals surface area contributed by atoms with Gasteiger partial charge in [0.2, 0.25) is 0 Å². The number of aromatic hydroxyl groups is 1. The second-order valence-corrected chi connectivity index (χ2v) is 4.19. The van der Waals surface area contributed by atoms with Crippen molar-refractivity contribution in [1.82, 2.24) is 9.78 Å². The third-order valence-corrected chi connectivity index (χ3v) is 2.62. The summed E-state index contributed by atoms with van der Waals surface area (Å²) < 4.78 is 7.15. The molecule has 0 unspecified atom stereocenters. The van der Waals surface area contributed by atoms with E-state index in [2.05, 4.69) is 18.9 Å². The topological polar surface area (TPSA) is 47.3 Å². The number of methoxy groups -OCH3 is 1. The second kappa shape index (κ2) is 4.49. The zero-order valence-corrected chi connectivity index (χ0v) is 10.2. The number of hydrogen-bond donors (Lipinski definition) is 1. The van der Waals surface area contributed by atoms with Crippen LogP contribution in [-0.4, -0.2) is 22.0 Å². The normalized spacial score (nSPS) is 10.8. The molecule has 0 radical (unpaired) electrons. The summed E-state index contributed by atoms with van der Waals surface area (Å²) in [5.41, 5.74) is 1.78. The molecule has 2 rings (SSSR count). The van der Waals surface area contributed by atoms with Crippen LogP contribution < -0.4 is 4.74 Å². The molecule has 1 aromatic carbocycles. The Kier molecular flexibility index (Phi) is 3.04. The van der Waals surface area contributed by atoms with Crippen molar-refractivity contribution in [3.8, 4) is 22.6 Å². The van der Waals surface area contributed by atoms with Gasteiger partial charge in [0.25, 0.3) is 0 Å². The van der Waals surface area contributed by atoms with Gasteiger partial charge < -0.3 is 9.84 Å². The Morgan fingerprint density at radius 3 is 2.71 bits per heavy atom. The molecule has 0 atom stereocenters. The van der Waals surface area contributed by atoms with Gasteiger partial charge in [-0.25, -0.2) is 0 Å². The zero-order chi connectivity index (χ0) is 12.4. The van der Waals surface area contributed by atoms with Crippen LogP contribution in [0, 0.1) is 0 Å². The largest absolute Gasteiger partial charge is 0.508 e. The Balaban J connectivity index is 2.47. The molecule has 2 aromatic rings. The van der Waals surface area contributed by atoms with Crippen LogP contribution in [0.5, 0.6) is 11.5 Å². The SMILES string of the molecule is COc1ccc(O)cc1-c1cnn(C(C)C)c1. The minimum atomic E-state index is 0.220. The van der Waals surface area contributed by atoms with Gasteiger partial charge in [-0.2, -0.15) is 5.10 Å². The van der Waals surface area contributed by atoms with Crippen LogP contribution in [0.15, 0.2) is 30.6 Å². The lowest BCUT2D eigenvalue weighted by atomic mass is 10.1. The van der Waals surface area contributed by atoms with E-state index in [1.54, 1.807) is 31.5 Å². The minimum absolute atomic E-state index is 0.220. The third-order valence-electron chi connectivity index (χ3n) is 2.62. The molecular formula is C13H16N2O2. The van der Waals surface area contributed by atoms with E-state index in [9.17, 15) is 5.11 Å². The fourth-order valence-corrected chi connectivity index (χ4v) is 1.68. The van der Waals surface area contributed by atoms with E-state index in [0.29, 0.717) is 6.04 Å². The van der Waals surface area contributed by atoms with Crippen molar-refractivity contribution in [3.05, 3.63) is 30.6 Å². The number of ether oxygens (including phenoxy) is 1. The number of hydrogen-bond acceptors (Lipinski definition) is 3. The van der Waals surface area contributed by atoms with Crippen molar-refractivity contribution in [3.63, 3.8) is 0 Å². The first kappa shape index (κ1) is 11.5. The summed E-state index contributed by atoms with van der Waals surface area (Å²) in [5, 5.41) is 13.8. The Bertz CT molecular complexity index is 518. The minimum Gasteiger partial charge on any atom is -0.508 e. The van der Waals surface area contributed by atoms with E-state index in [4.69, 9.17) is 4.74 Å². The van der Waals surface area contributed by atoms with Gasteiger partial charge in [0.1, 0.15) is 11.5 Å². The maximum absolute atomic E-state index is 9.53. The molecule has 0 bridgehead atoms. The first-order valence-electron chi connectivity index (χ1n) is 5.53. The number of rotatable bonds is 3. The van der Waals surface area contributed by atoms with E-state index in [1.165, 1.54) is 0 Å². The summed E-state index contributed by atoms with van der Waals surface area (Å²) in [6.45, 7) is 4.13. The summed E-state index contributed by atoms with van der Waals surface area (Å²) in [6, 6.07) is 5.35. The van der Waals surface area contributed by atoms with Crippen LogP contribution in [0.25, 0.3) is 11.1 Å². The van der Waals surface area contributed by atoms with E-state index >= 15 is 0 Å². The van der Waals surface area contributed by atoms with E-state index < -0.39 is 0 Å². The lowest BCUT2D eigenvalue weighted by molar-refractivity contribution is 0.414. The highest BCUT2D eigenvalue weighted by Crippen LogP contribution is 2.32. The van der Waals surface area contributed by atoms with Gasteiger partial charge >= 0.3 is 0 Å². The van der Waals surface area contributed by atoms with E-state index in [1.807, 2.05) is 10.9 Å². The standard InChI is InChI=1S/C13H16N2O2/c1-9(2)15-8-10(7-14-15)12-6-11(16)4-5-13(12)17-3/h4-9,16H,1-3H3. The summed E-state index contributed by atoms with van der Waals surface area (Å²) in [7, 11) is 1.61. The molecule has 0 amide bonds. The van der Waals surface area contributed by atoms with Gasteiger partial charge in [-0.1, -0.05) is 0 Å². The Morgan fingerprint density at radius 1 is 1.35 bits per heavy atom. The number of phenolic OH excluding ortho intramolecular Hbond substituents is 1. The van der Waals surface area contributed by atoms with Gasteiger partial charge in [-0.15, -0.1) is 0 Å². The van der Waals surface area contributed by atoms with Crippen molar-refractivity contribution in [2.24, 2.45) is 0 Å². The molecule has 90 valence electrons. The smallest absolute Gasteiger partial charge is 0.127 e. The summed E-state index contributed by atoms with van der Waals surface area (Å²) in [4.78, 5) is 0. The van der Waals surface area contributed by atoms with Gasteiger partial charge in [0.15, 0.2) is 0 Å². The molecule has 17 heavy (non-hydrogen) atoms. The molecule has 1 N–H and O–H groups in total. The predicted octanol–water partition coefficient (Wildman–Crippen LogP) is 2.85. The monoisotopic (exact) mass is 232 g/mol. The van der Waals surface area contributed by atoms with Crippen LogP contribution >= 0.6 is 0 Å². The summed E-state index contributed by atoms with van der Waals surface area (Å²) in [5.74, 6) is 0.948. The highest BCUT2D eigenvalue weighted by atomic mass is 16.5. The third kappa shape index (κ3) is 2.25. The molecule has 0 saturated heterocycles. The van der Waals surface area contributed by atoms with Gasteiger partial charge in [-0.3, -0.25) is 4.68 Å². The molecule has 4 heteroatoms. The molecule has 0 aliphatic rings. The fourth-order valence-electron chi connectivity index (χ4n) is 1.68. The highest BCUT2D eigenvalue weighted by Gasteiger charge is 2.10. The number of nitrogens with zero attached hydrogens (tertiary/aromatic N) is 2. The molecule has 1 heterocycles. The molecule has 0 aliphatic carbocycles. The predicted molar refractivity (Wildman–Crippen MR) is 66.3 cm³/mol. The number of benzene rings is 1. The Hall–Kier alpha value is -1.97. The summed E-state index contributed by atoms with van der Waals surface area (Å²) >= 11 is 0. The molecular weight excluding hydrogens is 216 g/mol. The molecule has 0 saturated carbocycles. The zero-order valence-electron chi connectivity index (χ0n) is 10.2. The first-order chi connectivity index (χ1) is 8.11. The van der Waals surface area contributed by atoms with Crippen molar-refractivity contribution in [1.29, 1.82) is 0 Å². The molecule has 0 aliphatic heterocycles. The molecule has 0 spiro atoms. The average Bonchev–Trinajstić information content (AvgIpc) is 2.78. The maximum Gasteiger partial charge on any atom is 0.127 e. The van der Waals surface area contributed by atoms with Crippen LogP contribution in [-0.2, 0) is 0 Å². The average molecular weight is 232 g/mol. The number of phenols is 1. The quantitative estimate of drug-likeness (QED) is 0.885. The van der Waals surface area contributed by atoms with Crippen LogP contribution in [0.2, 0.25) is 0 Å². The van der Waals surface area contributed by atoms with Crippen LogP contribution in [0.1, 0.15) is 19.9 Å². The summed E-state index contributed by atoms with van der Waals surface area (Å²) in [6.07, 6.45) is 3.72. The van der Waals surface area contributed by atoms with Gasteiger partial charge in [0, 0.05) is 23.4 Å². The maximum atomic E-state index is 9.53. The lowest BCUT2D eigenvalue weighted by Crippen LogP contribution is -1.99. The number of aromatic nitrogens is 2. The van der Waals surface area contributed by atoms with Crippen LogP contribution in [0.3, 0.4) is 0 Å². The van der Waals surface area contributed by atoms with Crippen molar-refractivity contribution >= 4 is 0 Å². The molecule has 4 nitrogen and oxygen atoms in total. The first-order valence-corrected chi connectivity index (χ1v) is 5.53. The van der Waals surface area contributed by atoms with E-state index in [0.717, 1.165) is 16.9 Å². The Labute approximate surface area is 100 Å². The molecule has 1 aromatic heterocycles. The van der Waals surface area contributed by atoms with Gasteiger partial charge in [0.05, 0.1) is 13.3 Å². The molecule has 0 fully saturated rings. The van der Waals surface area contributed by atoms with Crippen molar-refractivity contribution in [2.75, 3.05) is 7.11 Å². The second-order valence-electron chi connectivity index (χ2n) is 4.19. The highest BCUT2D eigenvalue weighted by molar-refractivity contribution is 5.70. The van der Waals surface area contributed by atoms with Gasteiger partial charge in [-0.05, 0) is 32.0 Å². The fraction of sp³-hybridized carbons (Fsp3) is 0.308. The van der Waals surface area contributed by atoms with E-state index in [-0.39, 0.29) is 5.75 Å². The lowest BCUT2D eigenvalue weighted by Gasteiger charge is -2.07. The van der Waals surface area contributed by atoms with Crippen molar-refractivity contribution in [2.45, 2.75) is 19.9 Å². The Morgan fingerprint density at radius 2 is 2.12 bits per heavy atom. The van der Waals surface area contributed by atoms with Crippen LogP contribution in [0.4, 0.5) is 0 Å².